The van der Waals surface area contributed by atoms with E-state index in [0.717, 1.165) is 19.5 Å². The molecule has 0 unspecified atom stereocenters. The van der Waals surface area contributed by atoms with Gasteiger partial charge in [0.25, 0.3) is 0 Å². The quantitative estimate of drug-likeness (QED) is 0.802. The summed E-state index contributed by atoms with van der Waals surface area (Å²) in [4.78, 5) is 1.47. The molecule has 0 spiro atoms. The Bertz CT molecular complexity index is 496. The predicted molar refractivity (Wildman–Crippen MR) is 84.8 cm³/mol. The summed E-state index contributed by atoms with van der Waals surface area (Å²) < 4.78 is 0. The van der Waals surface area contributed by atoms with Gasteiger partial charge in [0.05, 0.1) is 0 Å². The Labute approximate surface area is 120 Å². The van der Waals surface area contributed by atoms with Gasteiger partial charge in [0, 0.05) is 18.0 Å². The van der Waals surface area contributed by atoms with Crippen LogP contribution < -0.4 is 5.32 Å². The third-order valence-corrected chi connectivity index (χ3v) is 4.44. The van der Waals surface area contributed by atoms with Crippen LogP contribution in [0.15, 0.2) is 35.7 Å². The lowest BCUT2D eigenvalue weighted by atomic mass is 10.0. The highest BCUT2D eigenvalue weighted by atomic mass is 32.1. The van der Waals surface area contributed by atoms with E-state index in [9.17, 15) is 0 Å². The number of thiophene rings is 1. The molecule has 0 bridgehead atoms. The highest BCUT2D eigenvalue weighted by molar-refractivity contribution is 7.10. The van der Waals surface area contributed by atoms with E-state index in [0.29, 0.717) is 5.92 Å². The van der Waals surface area contributed by atoms with Gasteiger partial charge >= 0.3 is 0 Å². The monoisotopic (exact) mass is 273 g/mol. The van der Waals surface area contributed by atoms with Crippen molar-refractivity contribution in [2.75, 3.05) is 0 Å². The molecule has 2 aromatic rings. The van der Waals surface area contributed by atoms with E-state index in [1.165, 1.54) is 21.6 Å². The topological polar surface area (TPSA) is 12.0 Å². The van der Waals surface area contributed by atoms with Gasteiger partial charge in [0.2, 0.25) is 0 Å². The van der Waals surface area contributed by atoms with Crippen LogP contribution in [-0.2, 0) is 19.5 Å². The number of rotatable bonds is 6. The van der Waals surface area contributed by atoms with Crippen LogP contribution in [0.4, 0.5) is 0 Å². The lowest BCUT2D eigenvalue weighted by molar-refractivity contribution is 0.696. The first-order chi connectivity index (χ1) is 9.20. The maximum absolute atomic E-state index is 3.54. The first-order valence-corrected chi connectivity index (χ1v) is 7.93. The van der Waals surface area contributed by atoms with Gasteiger partial charge in [-0.3, -0.25) is 0 Å². The molecular weight excluding hydrogens is 250 g/mol. The van der Waals surface area contributed by atoms with E-state index in [1.807, 2.05) is 11.3 Å². The minimum Gasteiger partial charge on any atom is -0.308 e. The maximum atomic E-state index is 3.54. The summed E-state index contributed by atoms with van der Waals surface area (Å²) in [6.45, 7) is 8.61. The van der Waals surface area contributed by atoms with Crippen molar-refractivity contribution in [3.8, 4) is 0 Å². The zero-order valence-electron chi connectivity index (χ0n) is 12.1. The fraction of sp³-hybridized carbons (Fsp3) is 0.412. The zero-order valence-corrected chi connectivity index (χ0v) is 12.9. The van der Waals surface area contributed by atoms with Crippen molar-refractivity contribution in [1.82, 2.24) is 5.32 Å². The van der Waals surface area contributed by atoms with Gasteiger partial charge in [-0.2, -0.15) is 0 Å². The van der Waals surface area contributed by atoms with Crippen LogP contribution in [0.25, 0.3) is 0 Å². The molecule has 1 heterocycles. The number of aryl methyl sites for hydroxylation is 1. The van der Waals surface area contributed by atoms with Crippen LogP contribution in [-0.4, -0.2) is 0 Å². The first-order valence-electron chi connectivity index (χ1n) is 7.05. The second-order valence-corrected chi connectivity index (χ2v) is 6.22. The summed E-state index contributed by atoms with van der Waals surface area (Å²) in [5.41, 5.74) is 4.25. The zero-order chi connectivity index (χ0) is 13.7. The first kappa shape index (κ1) is 14.3. The van der Waals surface area contributed by atoms with Gasteiger partial charge in [-0.15, -0.1) is 11.3 Å². The molecule has 0 aliphatic heterocycles. The van der Waals surface area contributed by atoms with Gasteiger partial charge in [0.1, 0.15) is 0 Å². The Morgan fingerprint density at radius 3 is 2.42 bits per heavy atom. The Hall–Kier alpha value is -1.12. The molecule has 0 fully saturated rings. The van der Waals surface area contributed by atoms with E-state index >= 15 is 0 Å². The van der Waals surface area contributed by atoms with Crippen molar-refractivity contribution in [2.24, 2.45) is 0 Å². The number of hydrogen-bond acceptors (Lipinski definition) is 2. The van der Waals surface area contributed by atoms with Gasteiger partial charge in [0.15, 0.2) is 0 Å². The van der Waals surface area contributed by atoms with E-state index in [1.54, 1.807) is 0 Å². The van der Waals surface area contributed by atoms with Crippen molar-refractivity contribution in [3.05, 3.63) is 57.3 Å². The minimum atomic E-state index is 0.611. The molecule has 0 saturated heterocycles. The van der Waals surface area contributed by atoms with E-state index < -0.39 is 0 Å². The van der Waals surface area contributed by atoms with Crippen molar-refractivity contribution in [3.63, 3.8) is 0 Å². The van der Waals surface area contributed by atoms with Crippen molar-refractivity contribution in [1.29, 1.82) is 0 Å². The van der Waals surface area contributed by atoms with Crippen LogP contribution in [0.3, 0.4) is 0 Å². The third kappa shape index (κ3) is 3.92. The molecule has 19 heavy (non-hydrogen) atoms. The molecule has 0 saturated carbocycles. The van der Waals surface area contributed by atoms with Crippen LogP contribution in [0.5, 0.6) is 0 Å². The Kier molecular flexibility index (Phi) is 5.17. The van der Waals surface area contributed by atoms with E-state index in [4.69, 9.17) is 0 Å². The second kappa shape index (κ2) is 6.88. The van der Waals surface area contributed by atoms with Crippen LogP contribution in [0.2, 0.25) is 0 Å². The molecule has 1 aromatic heterocycles. The normalized spacial score (nSPS) is 11.2. The molecule has 0 atom stereocenters. The Morgan fingerprint density at radius 1 is 1.05 bits per heavy atom. The Morgan fingerprint density at radius 2 is 1.79 bits per heavy atom. The fourth-order valence-corrected chi connectivity index (χ4v) is 3.12. The lowest BCUT2D eigenvalue weighted by Gasteiger charge is -2.08. The van der Waals surface area contributed by atoms with Gasteiger partial charge in [-0.05, 0) is 40.5 Å². The highest BCUT2D eigenvalue weighted by Crippen LogP contribution is 2.17. The van der Waals surface area contributed by atoms with Gasteiger partial charge in [-0.25, -0.2) is 0 Å². The van der Waals surface area contributed by atoms with Gasteiger partial charge < -0.3 is 5.32 Å². The molecule has 0 radical (unpaired) electrons. The molecule has 0 aliphatic carbocycles. The van der Waals surface area contributed by atoms with Crippen LogP contribution in [0, 0.1) is 0 Å². The summed E-state index contributed by atoms with van der Waals surface area (Å²) in [6.07, 6.45) is 1.13. The summed E-state index contributed by atoms with van der Waals surface area (Å²) in [7, 11) is 0. The largest absolute Gasteiger partial charge is 0.308 e. The number of hydrogen-bond donors (Lipinski definition) is 1. The molecule has 2 rings (SSSR count). The van der Waals surface area contributed by atoms with E-state index in [-0.39, 0.29) is 0 Å². The molecule has 1 N–H and O–H groups in total. The molecule has 0 amide bonds. The molecule has 1 nitrogen and oxygen atoms in total. The van der Waals surface area contributed by atoms with Crippen LogP contribution in [0.1, 0.15) is 48.3 Å². The van der Waals surface area contributed by atoms with E-state index in [2.05, 4.69) is 61.8 Å². The lowest BCUT2D eigenvalue weighted by Crippen LogP contribution is -2.12. The molecule has 2 heteroatoms. The smallest absolute Gasteiger partial charge is 0.0305 e. The maximum Gasteiger partial charge on any atom is 0.0305 e. The SMILES string of the molecule is CCc1ccsc1CNCc1ccc(C(C)C)cc1. The molecule has 102 valence electrons. The number of nitrogens with one attached hydrogen (secondary N) is 1. The molecule has 0 aliphatic rings. The predicted octanol–water partition coefficient (Wildman–Crippen LogP) is 4.72. The summed E-state index contributed by atoms with van der Waals surface area (Å²) in [6, 6.07) is 11.2. The van der Waals surface area contributed by atoms with Crippen LogP contribution >= 0.6 is 11.3 Å². The molecular formula is C17H23NS. The van der Waals surface area contributed by atoms with Crippen molar-refractivity contribution >= 4 is 11.3 Å². The summed E-state index contributed by atoms with van der Waals surface area (Å²) in [5, 5.41) is 5.73. The van der Waals surface area contributed by atoms with Crippen molar-refractivity contribution < 1.29 is 0 Å². The second-order valence-electron chi connectivity index (χ2n) is 5.22. The Balaban J connectivity index is 1.85. The average molecular weight is 273 g/mol. The summed E-state index contributed by atoms with van der Waals surface area (Å²) in [5.74, 6) is 0.611. The highest BCUT2D eigenvalue weighted by Gasteiger charge is 2.02. The standard InChI is InChI=1S/C17H23NS/c1-4-15-9-10-19-17(15)12-18-11-14-5-7-16(8-6-14)13(2)3/h5-10,13,18H,4,11-12H2,1-3H3. The van der Waals surface area contributed by atoms with Gasteiger partial charge in [-0.1, -0.05) is 45.0 Å². The minimum absolute atomic E-state index is 0.611. The average Bonchev–Trinajstić information content (AvgIpc) is 2.87. The summed E-state index contributed by atoms with van der Waals surface area (Å²) >= 11 is 1.85. The molecule has 1 aromatic carbocycles. The number of benzene rings is 1. The fourth-order valence-electron chi connectivity index (χ4n) is 2.18. The van der Waals surface area contributed by atoms with Crippen molar-refractivity contribution in [2.45, 2.75) is 46.2 Å². The third-order valence-electron chi connectivity index (χ3n) is 3.48.